The van der Waals surface area contributed by atoms with E-state index in [4.69, 9.17) is 16.3 Å². The molecule has 0 saturated heterocycles. The minimum atomic E-state index is 0.570. The molecule has 0 unspecified atom stereocenters. The van der Waals surface area contributed by atoms with Crippen LogP contribution in [0.4, 0.5) is 0 Å². The van der Waals surface area contributed by atoms with Gasteiger partial charge in [0, 0.05) is 24.3 Å². The third kappa shape index (κ3) is 4.99. The van der Waals surface area contributed by atoms with Crippen molar-refractivity contribution in [3.63, 3.8) is 0 Å². The fourth-order valence-corrected chi connectivity index (χ4v) is 1.90. The van der Waals surface area contributed by atoms with Crippen molar-refractivity contribution in [2.75, 3.05) is 12.5 Å². The number of alkyl halides is 1. The van der Waals surface area contributed by atoms with E-state index in [9.17, 15) is 0 Å². The lowest BCUT2D eigenvalue weighted by atomic mass is 10.2. The SMILES string of the molecule is ClCCC#Cc1cccc(OCCc2ccccc2)c1. The molecule has 0 atom stereocenters. The summed E-state index contributed by atoms with van der Waals surface area (Å²) in [7, 11) is 0. The first-order valence-electron chi connectivity index (χ1n) is 6.70. The second kappa shape index (κ2) is 8.30. The molecule has 1 nitrogen and oxygen atoms in total. The lowest BCUT2D eigenvalue weighted by Crippen LogP contribution is -2.01. The zero-order chi connectivity index (χ0) is 14.0. The molecular weight excluding hydrogens is 268 g/mol. The lowest BCUT2D eigenvalue weighted by molar-refractivity contribution is 0.322. The second-order valence-electron chi connectivity index (χ2n) is 4.35. The molecule has 0 radical (unpaired) electrons. The zero-order valence-electron chi connectivity index (χ0n) is 11.3. The average molecular weight is 285 g/mol. The Morgan fingerprint density at radius 2 is 1.85 bits per heavy atom. The fourth-order valence-electron chi connectivity index (χ4n) is 1.81. The molecule has 0 heterocycles. The van der Waals surface area contributed by atoms with Gasteiger partial charge < -0.3 is 4.74 Å². The van der Waals surface area contributed by atoms with Gasteiger partial charge in [-0.1, -0.05) is 48.2 Å². The first-order chi connectivity index (χ1) is 9.88. The van der Waals surface area contributed by atoms with E-state index >= 15 is 0 Å². The van der Waals surface area contributed by atoms with Crippen LogP contribution in [0.15, 0.2) is 54.6 Å². The van der Waals surface area contributed by atoms with E-state index in [0.29, 0.717) is 18.9 Å². The van der Waals surface area contributed by atoms with E-state index in [2.05, 4.69) is 24.0 Å². The maximum Gasteiger partial charge on any atom is 0.120 e. The van der Waals surface area contributed by atoms with Gasteiger partial charge in [-0.3, -0.25) is 0 Å². The van der Waals surface area contributed by atoms with E-state index < -0.39 is 0 Å². The highest BCUT2D eigenvalue weighted by Crippen LogP contribution is 2.13. The summed E-state index contributed by atoms with van der Waals surface area (Å²) in [6.07, 6.45) is 1.61. The summed E-state index contributed by atoms with van der Waals surface area (Å²) in [6, 6.07) is 18.2. The molecule has 0 bridgehead atoms. The van der Waals surface area contributed by atoms with Gasteiger partial charge in [0.25, 0.3) is 0 Å². The predicted octanol–water partition coefficient (Wildman–Crippen LogP) is 4.29. The van der Waals surface area contributed by atoms with Crippen molar-refractivity contribution in [2.45, 2.75) is 12.8 Å². The molecule has 0 fully saturated rings. The first-order valence-corrected chi connectivity index (χ1v) is 7.23. The van der Waals surface area contributed by atoms with Crippen molar-refractivity contribution in [3.05, 3.63) is 65.7 Å². The topological polar surface area (TPSA) is 9.23 Å². The quantitative estimate of drug-likeness (QED) is 0.588. The van der Waals surface area contributed by atoms with Crippen LogP contribution < -0.4 is 4.74 Å². The number of halogens is 1. The van der Waals surface area contributed by atoms with Crippen molar-refractivity contribution < 1.29 is 4.74 Å². The molecule has 0 N–H and O–H groups in total. The summed E-state index contributed by atoms with van der Waals surface area (Å²) in [5.41, 5.74) is 2.25. The first kappa shape index (κ1) is 14.5. The van der Waals surface area contributed by atoms with Gasteiger partial charge >= 0.3 is 0 Å². The summed E-state index contributed by atoms with van der Waals surface area (Å²) in [5, 5.41) is 0. The Hall–Kier alpha value is -1.91. The van der Waals surface area contributed by atoms with Crippen LogP contribution in [0.25, 0.3) is 0 Å². The van der Waals surface area contributed by atoms with Crippen LogP contribution in [-0.4, -0.2) is 12.5 Å². The Bertz CT molecular complexity index is 581. The summed E-state index contributed by atoms with van der Waals surface area (Å²) in [6.45, 7) is 0.669. The zero-order valence-corrected chi connectivity index (χ0v) is 12.1. The van der Waals surface area contributed by atoms with Gasteiger partial charge in [-0.25, -0.2) is 0 Å². The van der Waals surface area contributed by atoms with Crippen LogP contribution in [0.2, 0.25) is 0 Å². The normalized spacial score (nSPS) is 9.65. The molecule has 2 rings (SSSR count). The Labute approximate surface area is 125 Å². The summed E-state index contributed by atoms with van der Waals surface area (Å²) < 4.78 is 5.76. The Kier molecular flexibility index (Phi) is 6.02. The van der Waals surface area contributed by atoms with Gasteiger partial charge in [0.1, 0.15) is 5.75 Å². The van der Waals surface area contributed by atoms with Crippen molar-refractivity contribution >= 4 is 11.6 Å². The molecule has 0 aromatic heterocycles. The monoisotopic (exact) mass is 284 g/mol. The minimum Gasteiger partial charge on any atom is -0.493 e. The number of hydrogen-bond donors (Lipinski definition) is 0. The van der Waals surface area contributed by atoms with E-state index in [0.717, 1.165) is 17.7 Å². The van der Waals surface area contributed by atoms with Gasteiger partial charge in [0.15, 0.2) is 0 Å². The highest BCUT2D eigenvalue weighted by atomic mass is 35.5. The second-order valence-corrected chi connectivity index (χ2v) is 4.73. The summed E-state index contributed by atoms with van der Waals surface area (Å²) >= 11 is 5.60. The number of rotatable bonds is 5. The number of benzene rings is 2. The van der Waals surface area contributed by atoms with Gasteiger partial charge in [-0.15, -0.1) is 11.6 Å². The maximum atomic E-state index is 5.76. The molecule has 0 saturated carbocycles. The molecule has 0 aliphatic carbocycles. The van der Waals surface area contributed by atoms with Crippen molar-refractivity contribution in [3.8, 4) is 17.6 Å². The Balaban J connectivity index is 1.87. The highest BCUT2D eigenvalue weighted by molar-refractivity contribution is 6.18. The smallest absolute Gasteiger partial charge is 0.120 e. The molecule has 0 spiro atoms. The number of ether oxygens (including phenoxy) is 1. The van der Waals surface area contributed by atoms with E-state index in [1.807, 2.05) is 42.5 Å². The number of hydrogen-bond acceptors (Lipinski definition) is 1. The van der Waals surface area contributed by atoms with Crippen LogP contribution in [0.5, 0.6) is 5.75 Å². The largest absolute Gasteiger partial charge is 0.493 e. The molecule has 0 aliphatic heterocycles. The molecule has 0 aliphatic rings. The van der Waals surface area contributed by atoms with E-state index in [1.54, 1.807) is 0 Å². The highest BCUT2D eigenvalue weighted by Gasteiger charge is 1.96. The summed E-state index contributed by atoms with van der Waals surface area (Å²) in [4.78, 5) is 0. The van der Waals surface area contributed by atoms with Crippen LogP contribution in [0.3, 0.4) is 0 Å². The molecular formula is C18H17ClO. The third-order valence-electron chi connectivity index (χ3n) is 2.79. The van der Waals surface area contributed by atoms with Gasteiger partial charge in [0.2, 0.25) is 0 Å². The van der Waals surface area contributed by atoms with Crippen LogP contribution in [0, 0.1) is 11.8 Å². The Morgan fingerprint density at radius 3 is 2.65 bits per heavy atom. The molecule has 2 aromatic carbocycles. The van der Waals surface area contributed by atoms with Gasteiger partial charge in [-0.2, -0.15) is 0 Å². The molecule has 102 valence electrons. The van der Waals surface area contributed by atoms with Gasteiger partial charge in [-0.05, 0) is 23.8 Å². The maximum absolute atomic E-state index is 5.76. The average Bonchev–Trinajstić information content (AvgIpc) is 2.49. The van der Waals surface area contributed by atoms with Gasteiger partial charge in [0.05, 0.1) is 6.61 Å². The standard InChI is InChI=1S/C18H17ClO/c19-13-5-4-9-17-10-6-11-18(15-17)20-14-12-16-7-2-1-3-8-16/h1-3,6-8,10-11,15H,5,12-14H2. The van der Waals surface area contributed by atoms with Crippen LogP contribution in [0.1, 0.15) is 17.5 Å². The van der Waals surface area contributed by atoms with Crippen molar-refractivity contribution in [1.29, 1.82) is 0 Å². The predicted molar refractivity (Wildman–Crippen MR) is 84.3 cm³/mol. The van der Waals surface area contributed by atoms with Crippen LogP contribution >= 0.6 is 11.6 Å². The van der Waals surface area contributed by atoms with Crippen LogP contribution in [-0.2, 0) is 6.42 Å². The lowest BCUT2D eigenvalue weighted by Gasteiger charge is -2.06. The third-order valence-corrected chi connectivity index (χ3v) is 2.98. The molecule has 0 amide bonds. The molecule has 20 heavy (non-hydrogen) atoms. The Morgan fingerprint density at radius 1 is 1.00 bits per heavy atom. The molecule has 2 aromatic rings. The van der Waals surface area contributed by atoms with Crippen molar-refractivity contribution in [2.24, 2.45) is 0 Å². The molecule has 2 heteroatoms. The summed E-state index contributed by atoms with van der Waals surface area (Å²) in [5.74, 6) is 7.53. The van der Waals surface area contributed by atoms with E-state index in [1.165, 1.54) is 5.56 Å². The van der Waals surface area contributed by atoms with E-state index in [-0.39, 0.29) is 0 Å². The fraction of sp³-hybridized carbons (Fsp3) is 0.222. The minimum absolute atomic E-state index is 0.570. The van der Waals surface area contributed by atoms with Crippen molar-refractivity contribution in [1.82, 2.24) is 0 Å².